The summed E-state index contributed by atoms with van der Waals surface area (Å²) < 4.78 is 33.8. The van der Waals surface area contributed by atoms with E-state index in [-0.39, 0.29) is 5.16 Å². The molecule has 0 saturated carbocycles. The highest BCUT2D eigenvalue weighted by Gasteiger charge is 2.14. The Balaban J connectivity index is 3.02. The van der Waals surface area contributed by atoms with Crippen molar-refractivity contribution >= 4 is 22.4 Å². The number of nitrogens with zero attached hydrogens (tertiary/aromatic N) is 2. The van der Waals surface area contributed by atoms with Gasteiger partial charge in [-0.3, -0.25) is 4.55 Å². The molecule has 0 amide bonds. The van der Waals surface area contributed by atoms with Crippen LogP contribution in [0.3, 0.4) is 0 Å². The molecule has 0 aliphatic heterocycles. The molecule has 0 spiro atoms. The molecule has 0 bridgehead atoms. The van der Waals surface area contributed by atoms with Crippen LogP contribution in [0.25, 0.3) is 0 Å². The van der Waals surface area contributed by atoms with Gasteiger partial charge in [-0.15, -0.1) is 0 Å². The van der Waals surface area contributed by atoms with Gasteiger partial charge in [0, 0.05) is 11.4 Å². The van der Waals surface area contributed by atoms with Gasteiger partial charge in [-0.05, 0) is 25.3 Å². The van der Waals surface area contributed by atoms with E-state index < -0.39 is 10.4 Å². The number of rotatable bonds is 7. The Labute approximate surface area is 118 Å². The topological polar surface area (TPSA) is 89.4 Å². The monoisotopic (exact) mass is 306 g/mol. The second-order valence-electron chi connectivity index (χ2n) is 4.10. The summed E-state index contributed by atoms with van der Waals surface area (Å²) in [5.74, 6) is 0. The second-order valence-corrected chi connectivity index (χ2v) is 6.03. The molecule has 1 rings (SSSR count). The molecule has 1 aromatic rings. The fourth-order valence-electron chi connectivity index (χ4n) is 1.76. The van der Waals surface area contributed by atoms with Crippen LogP contribution >= 0.6 is 12.0 Å². The third-order valence-electron chi connectivity index (χ3n) is 2.46. The van der Waals surface area contributed by atoms with Crippen LogP contribution < -0.4 is 0 Å². The van der Waals surface area contributed by atoms with E-state index in [1.807, 2.05) is 6.92 Å². The molecule has 19 heavy (non-hydrogen) atoms. The van der Waals surface area contributed by atoms with Crippen molar-refractivity contribution in [2.24, 2.45) is 0 Å². The fourth-order valence-corrected chi connectivity index (χ4v) is 2.67. The highest BCUT2D eigenvalue weighted by molar-refractivity contribution is 8.02. The number of hydrogen-bond donors (Lipinski definition) is 1. The average Bonchev–Trinajstić information content (AvgIpc) is 2.30. The Morgan fingerprint density at radius 3 is 2.37 bits per heavy atom. The van der Waals surface area contributed by atoms with Crippen molar-refractivity contribution in [1.82, 2.24) is 9.97 Å². The molecule has 0 aliphatic carbocycles. The first-order valence-corrected chi connectivity index (χ1v) is 8.18. The van der Waals surface area contributed by atoms with Crippen LogP contribution in [0.2, 0.25) is 0 Å². The Morgan fingerprint density at radius 2 is 1.84 bits per heavy atom. The summed E-state index contributed by atoms with van der Waals surface area (Å²) in [4.78, 5) is 8.49. The Hall–Kier alpha value is -0.700. The number of aromatic nitrogens is 2. The minimum Gasteiger partial charge on any atom is -0.263 e. The van der Waals surface area contributed by atoms with Gasteiger partial charge in [0.05, 0.1) is 12.0 Å². The van der Waals surface area contributed by atoms with E-state index in [2.05, 4.69) is 27.4 Å². The Kier molecular flexibility index (Phi) is 6.18. The van der Waals surface area contributed by atoms with Gasteiger partial charge in [-0.25, -0.2) is 9.97 Å². The lowest BCUT2D eigenvalue weighted by Crippen LogP contribution is -2.06. The third kappa shape index (κ3) is 5.43. The summed E-state index contributed by atoms with van der Waals surface area (Å²) in [6.45, 7) is 6.00. The van der Waals surface area contributed by atoms with E-state index in [1.54, 1.807) is 0 Å². The highest BCUT2D eigenvalue weighted by atomic mass is 32.3. The minimum absolute atomic E-state index is 0.193. The van der Waals surface area contributed by atoms with Gasteiger partial charge < -0.3 is 0 Å². The van der Waals surface area contributed by atoms with Crippen molar-refractivity contribution in [2.45, 2.75) is 51.6 Å². The molecule has 6 nitrogen and oxygen atoms in total. The van der Waals surface area contributed by atoms with E-state index >= 15 is 0 Å². The van der Waals surface area contributed by atoms with Crippen molar-refractivity contribution in [3.8, 4) is 0 Å². The molecular formula is C11H18N2O4S2. The third-order valence-corrected chi connectivity index (χ3v) is 3.75. The Morgan fingerprint density at radius 1 is 1.21 bits per heavy atom. The molecule has 0 unspecified atom stereocenters. The molecule has 1 aromatic heterocycles. The van der Waals surface area contributed by atoms with Crippen LogP contribution in [-0.2, 0) is 26.9 Å². The molecule has 0 atom stereocenters. The summed E-state index contributed by atoms with van der Waals surface area (Å²) in [6, 6.07) is 0. The maximum atomic E-state index is 10.5. The summed E-state index contributed by atoms with van der Waals surface area (Å²) in [7, 11) is -4.50. The normalized spacial score (nSPS) is 11.8. The highest BCUT2D eigenvalue weighted by Crippen LogP contribution is 2.22. The molecule has 1 heterocycles. The molecule has 0 saturated heterocycles. The van der Waals surface area contributed by atoms with Gasteiger partial charge >= 0.3 is 10.4 Å². The standard InChI is InChI=1S/C11H18N2O4S2/c1-4-6-9-8(3)12-11(13-10(9)7-5-2)18-17-19(14,15)16/h4-7H2,1-3H3,(H,14,15,16). The molecule has 108 valence electrons. The van der Waals surface area contributed by atoms with Crippen LogP contribution in [0, 0.1) is 6.92 Å². The number of aryl methyl sites for hydroxylation is 2. The SMILES string of the molecule is CCCc1nc(SOS(=O)(=O)O)nc(C)c1CCC. The first-order chi connectivity index (χ1) is 8.87. The minimum atomic E-state index is -4.50. The lowest BCUT2D eigenvalue weighted by molar-refractivity contribution is 0.407. The maximum Gasteiger partial charge on any atom is 0.408 e. The number of hydrogen-bond acceptors (Lipinski definition) is 6. The van der Waals surface area contributed by atoms with Crippen molar-refractivity contribution in [3.05, 3.63) is 17.0 Å². The van der Waals surface area contributed by atoms with Crippen LogP contribution in [0.1, 0.15) is 43.6 Å². The maximum absolute atomic E-state index is 10.5. The summed E-state index contributed by atoms with van der Waals surface area (Å²) in [5.41, 5.74) is 2.85. The molecule has 0 fully saturated rings. The van der Waals surface area contributed by atoms with Gasteiger partial charge in [0.2, 0.25) is 5.16 Å². The largest absolute Gasteiger partial charge is 0.408 e. The van der Waals surface area contributed by atoms with Gasteiger partial charge in [0.15, 0.2) is 0 Å². The van der Waals surface area contributed by atoms with Gasteiger partial charge in [0.25, 0.3) is 0 Å². The van der Waals surface area contributed by atoms with Gasteiger partial charge in [-0.2, -0.15) is 12.0 Å². The smallest absolute Gasteiger partial charge is 0.263 e. The van der Waals surface area contributed by atoms with Crippen molar-refractivity contribution in [1.29, 1.82) is 0 Å². The second kappa shape index (κ2) is 7.18. The fraction of sp³-hybridized carbons (Fsp3) is 0.636. The van der Waals surface area contributed by atoms with Crippen molar-refractivity contribution in [3.63, 3.8) is 0 Å². The van der Waals surface area contributed by atoms with Gasteiger partial charge in [-0.1, -0.05) is 26.7 Å². The van der Waals surface area contributed by atoms with Crippen molar-refractivity contribution < 1.29 is 16.6 Å². The molecule has 0 aliphatic rings. The van der Waals surface area contributed by atoms with E-state index in [0.717, 1.165) is 42.6 Å². The van der Waals surface area contributed by atoms with E-state index in [4.69, 9.17) is 4.55 Å². The van der Waals surface area contributed by atoms with Crippen LogP contribution in [0.5, 0.6) is 0 Å². The molecular weight excluding hydrogens is 288 g/mol. The molecule has 0 radical (unpaired) electrons. The Bertz CT molecular complexity index is 532. The van der Waals surface area contributed by atoms with Crippen LogP contribution in [0.4, 0.5) is 0 Å². The molecule has 1 N–H and O–H groups in total. The summed E-state index contributed by atoms with van der Waals surface area (Å²) in [5, 5.41) is 0.193. The lowest BCUT2D eigenvalue weighted by Gasteiger charge is -2.11. The van der Waals surface area contributed by atoms with Crippen LogP contribution in [0.15, 0.2) is 5.16 Å². The zero-order valence-corrected chi connectivity index (χ0v) is 12.8. The van der Waals surface area contributed by atoms with Crippen LogP contribution in [-0.4, -0.2) is 22.9 Å². The van der Waals surface area contributed by atoms with E-state index in [1.165, 1.54) is 0 Å². The summed E-state index contributed by atoms with van der Waals surface area (Å²) in [6.07, 6.45) is 3.63. The zero-order valence-electron chi connectivity index (χ0n) is 11.2. The first-order valence-electron chi connectivity index (χ1n) is 6.07. The van der Waals surface area contributed by atoms with E-state index in [0.29, 0.717) is 12.0 Å². The van der Waals surface area contributed by atoms with Gasteiger partial charge in [0.1, 0.15) is 0 Å². The summed E-state index contributed by atoms with van der Waals surface area (Å²) >= 11 is 0.448. The van der Waals surface area contributed by atoms with Crippen molar-refractivity contribution in [2.75, 3.05) is 0 Å². The zero-order chi connectivity index (χ0) is 14.5. The lowest BCUT2D eigenvalue weighted by atomic mass is 10.0. The molecule has 0 aromatic carbocycles. The predicted octanol–water partition coefficient (Wildman–Crippen LogP) is 2.52. The quantitative estimate of drug-likeness (QED) is 0.470. The average molecular weight is 306 g/mol. The van der Waals surface area contributed by atoms with E-state index in [9.17, 15) is 8.42 Å². The first kappa shape index (κ1) is 16.4. The molecule has 8 heteroatoms. The predicted molar refractivity (Wildman–Crippen MR) is 73.2 cm³/mol.